The van der Waals surface area contributed by atoms with Gasteiger partial charge in [-0.1, -0.05) is 0 Å². The first-order valence-electron chi connectivity index (χ1n) is 3.57. The maximum atomic E-state index is 4.19. The molecular weight excluding hydrogens is 144 g/mol. The van der Waals surface area contributed by atoms with Crippen molar-refractivity contribution in [1.29, 1.82) is 0 Å². The van der Waals surface area contributed by atoms with Crippen LogP contribution >= 0.6 is 11.8 Å². The van der Waals surface area contributed by atoms with Crippen LogP contribution in [0.1, 0.15) is 18.2 Å². The highest BCUT2D eigenvalue weighted by Gasteiger charge is 2.16. The van der Waals surface area contributed by atoms with Crippen molar-refractivity contribution in [3.05, 3.63) is 18.5 Å². The zero-order chi connectivity index (χ0) is 6.81. The van der Waals surface area contributed by atoms with Crippen LogP contribution in [0.15, 0.2) is 18.5 Å². The number of nitrogens with zero attached hydrogens (tertiary/aromatic N) is 2. The van der Waals surface area contributed by atoms with Crippen molar-refractivity contribution in [3.8, 4) is 0 Å². The number of aromatic nitrogens is 2. The van der Waals surface area contributed by atoms with Gasteiger partial charge in [0.05, 0.1) is 5.37 Å². The Hall–Kier alpha value is -0.440. The van der Waals surface area contributed by atoms with Crippen LogP contribution in [0.2, 0.25) is 0 Å². The fourth-order valence-corrected chi connectivity index (χ4v) is 2.44. The van der Waals surface area contributed by atoms with E-state index in [2.05, 4.69) is 9.78 Å². The third-order valence-corrected chi connectivity index (χ3v) is 3.09. The Morgan fingerprint density at radius 2 is 2.60 bits per heavy atom. The summed E-state index contributed by atoms with van der Waals surface area (Å²) in [5.74, 6) is 1.30. The lowest BCUT2D eigenvalue weighted by Gasteiger charge is -2.07. The summed E-state index contributed by atoms with van der Waals surface area (Å²) in [5, 5.41) is 4.81. The minimum Gasteiger partial charge on any atom is -0.260 e. The van der Waals surface area contributed by atoms with Crippen molar-refractivity contribution in [2.24, 2.45) is 0 Å². The van der Waals surface area contributed by atoms with Gasteiger partial charge in [0.1, 0.15) is 0 Å². The molecule has 10 heavy (non-hydrogen) atoms. The molecule has 1 aliphatic rings. The van der Waals surface area contributed by atoms with E-state index < -0.39 is 0 Å². The summed E-state index contributed by atoms with van der Waals surface area (Å²) in [4.78, 5) is 0. The molecule has 0 saturated carbocycles. The topological polar surface area (TPSA) is 17.8 Å². The van der Waals surface area contributed by atoms with Crippen molar-refractivity contribution in [2.45, 2.75) is 18.2 Å². The Labute approximate surface area is 64.6 Å². The maximum Gasteiger partial charge on any atom is 0.0970 e. The van der Waals surface area contributed by atoms with Crippen LogP contribution in [-0.2, 0) is 0 Å². The van der Waals surface area contributed by atoms with Gasteiger partial charge in [-0.3, -0.25) is 4.68 Å². The summed E-state index contributed by atoms with van der Waals surface area (Å²) in [6, 6.07) is 1.98. The number of hydrogen-bond donors (Lipinski definition) is 0. The molecule has 1 unspecified atom stereocenters. The van der Waals surface area contributed by atoms with Gasteiger partial charge in [-0.15, -0.1) is 11.8 Å². The predicted molar refractivity (Wildman–Crippen MR) is 43.0 cm³/mol. The molecule has 2 heterocycles. The average molecular weight is 154 g/mol. The average Bonchev–Trinajstić information content (AvgIpc) is 2.59. The van der Waals surface area contributed by atoms with Crippen molar-refractivity contribution >= 4 is 11.8 Å². The molecule has 2 rings (SSSR count). The third kappa shape index (κ3) is 1.06. The Balaban J connectivity index is 2.12. The molecule has 1 aromatic rings. The zero-order valence-corrected chi connectivity index (χ0v) is 6.55. The second kappa shape index (κ2) is 2.66. The van der Waals surface area contributed by atoms with Gasteiger partial charge in [-0.25, -0.2) is 0 Å². The lowest BCUT2D eigenvalue weighted by Crippen LogP contribution is -2.00. The first kappa shape index (κ1) is 6.28. The van der Waals surface area contributed by atoms with Gasteiger partial charge >= 0.3 is 0 Å². The normalized spacial score (nSPS) is 25.4. The molecular formula is C7H10N2S. The highest BCUT2D eigenvalue weighted by Crippen LogP contribution is 2.34. The minimum atomic E-state index is 0.620. The molecule has 0 N–H and O–H groups in total. The molecule has 54 valence electrons. The molecule has 0 aromatic carbocycles. The maximum absolute atomic E-state index is 4.19. The molecule has 3 heteroatoms. The highest BCUT2D eigenvalue weighted by atomic mass is 32.2. The number of hydrogen-bond acceptors (Lipinski definition) is 2. The van der Waals surface area contributed by atoms with Crippen LogP contribution in [0.3, 0.4) is 0 Å². The van der Waals surface area contributed by atoms with Crippen LogP contribution in [0.5, 0.6) is 0 Å². The van der Waals surface area contributed by atoms with Gasteiger partial charge in [0, 0.05) is 12.4 Å². The number of thioether (sulfide) groups is 1. The summed E-state index contributed by atoms with van der Waals surface area (Å²) in [5.41, 5.74) is 0. The first-order valence-corrected chi connectivity index (χ1v) is 4.62. The van der Waals surface area contributed by atoms with E-state index in [1.54, 1.807) is 0 Å². The molecule has 1 fully saturated rings. The predicted octanol–water partition coefficient (Wildman–Crippen LogP) is 1.91. The Morgan fingerprint density at radius 1 is 1.60 bits per heavy atom. The largest absolute Gasteiger partial charge is 0.260 e. The van der Waals surface area contributed by atoms with E-state index in [4.69, 9.17) is 0 Å². The second-order valence-corrected chi connectivity index (χ2v) is 3.74. The highest BCUT2D eigenvalue weighted by molar-refractivity contribution is 7.99. The number of rotatable bonds is 1. The van der Waals surface area contributed by atoms with Gasteiger partial charge in [0.25, 0.3) is 0 Å². The molecule has 1 saturated heterocycles. The van der Waals surface area contributed by atoms with Crippen LogP contribution in [0.25, 0.3) is 0 Å². The standard InChI is InChI=1S/C7H10N2S/c1-3-7(10-6-1)9-5-2-4-8-9/h2,4-5,7H,1,3,6H2. The zero-order valence-electron chi connectivity index (χ0n) is 5.73. The van der Waals surface area contributed by atoms with Crippen molar-refractivity contribution in [1.82, 2.24) is 9.78 Å². The van der Waals surface area contributed by atoms with E-state index in [1.165, 1.54) is 18.6 Å². The Morgan fingerprint density at radius 3 is 3.20 bits per heavy atom. The molecule has 1 aliphatic heterocycles. The third-order valence-electron chi connectivity index (χ3n) is 1.73. The lowest BCUT2D eigenvalue weighted by atomic mass is 10.3. The van der Waals surface area contributed by atoms with Crippen molar-refractivity contribution in [2.75, 3.05) is 5.75 Å². The van der Waals surface area contributed by atoms with Gasteiger partial charge in [0.2, 0.25) is 0 Å². The van der Waals surface area contributed by atoms with E-state index in [0.29, 0.717) is 5.37 Å². The summed E-state index contributed by atoms with van der Waals surface area (Å²) in [7, 11) is 0. The summed E-state index contributed by atoms with van der Waals surface area (Å²) in [6.45, 7) is 0. The molecule has 1 aromatic heterocycles. The van der Waals surface area contributed by atoms with E-state index in [-0.39, 0.29) is 0 Å². The fourth-order valence-electron chi connectivity index (χ4n) is 1.22. The molecule has 0 spiro atoms. The monoisotopic (exact) mass is 154 g/mol. The van der Waals surface area contributed by atoms with Gasteiger partial charge in [-0.05, 0) is 24.7 Å². The summed E-state index contributed by atoms with van der Waals surface area (Å²) < 4.78 is 2.05. The SMILES string of the molecule is c1cnn(C2CCCS2)c1. The lowest BCUT2D eigenvalue weighted by molar-refractivity contribution is 0.578. The van der Waals surface area contributed by atoms with Crippen LogP contribution < -0.4 is 0 Å². The molecule has 1 atom stereocenters. The quantitative estimate of drug-likeness (QED) is 0.615. The van der Waals surface area contributed by atoms with E-state index in [0.717, 1.165) is 0 Å². The van der Waals surface area contributed by atoms with Gasteiger partial charge < -0.3 is 0 Å². The molecule has 0 aliphatic carbocycles. The van der Waals surface area contributed by atoms with Gasteiger partial charge in [0.15, 0.2) is 0 Å². The fraction of sp³-hybridized carbons (Fsp3) is 0.571. The Kier molecular flexibility index (Phi) is 1.67. The second-order valence-electron chi connectivity index (χ2n) is 2.45. The summed E-state index contributed by atoms with van der Waals surface area (Å²) >= 11 is 2.00. The van der Waals surface area contributed by atoms with Crippen molar-refractivity contribution in [3.63, 3.8) is 0 Å². The molecule has 0 amide bonds. The summed E-state index contributed by atoms with van der Waals surface area (Å²) in [6.07, 6.45) is 6.52. The minimum absolute atomic E-state index is 0.620. The molecule has 0 radical (unpaired) electrons. The van der Waals surface area contributed by atoms with E-state index >= 15 is 0 Å². The van der Waals surface area contributed by atoms with E-state index in [1.807, 2.05) is 30.2 Å². The van der Waals surface area contributed by atoms with E-state index in [9.17, 15) is 0 Å². The van der Waals surface area contributed by atoms with Gasteiger partial charge in [-0.2, -0.15) is 5.10 Å². The smallest absolute Gasteiger partial charge is 0.0970 e. The van der Waals surface area contributed by atoms with Crippen LogP contribution in [0.4, 0.5) is 0 Å². The first-order chi connectivity index (χ1) is 4.97. The Bertz CT molecular complexity index is 189. The molecule has 0 bridgehead atoms. The van der Waals surface area contributed by atoms with Crippen LogP contribution in [-0.4, -0.2) is 15.5 Å². The molecule has 2 nitrogen and oxygen atoms in total. The van der Waals surface area contributed by atoms with Crippen molar-refractivity contribution < 1.29 is 0 Å². The van der Waals surface area contributed by atoms with Crippen LogP contribution in [0, 0.1) is 0 Å².